The van der Waals surface area contributed by atoms with E-state index in [1.165, 1.54) is 24.1 Å². The van der Waals surface area contributed by atoms with Gasteiger partial charge in [-0.25, -0.2) is 13.8 Å². The van der Waals surface area contributed by atoms with Crippen molar-refractivity contribution < 1.29 is 23.0 Å². The lowest BCUT2D eigenvalue weighted by molar-refractivity contribution is 0.0391. The van der Waals surface area contributed by atoms with Crippen molar-refractivity contribution in [1.82, 2.24) is 9.88 Å². The van der Waals surface area contributed by atoms with Gasteiger partial charge in [0.1, 0.15) is 17.1 Å². The average Bonchev–Trinajstić information content (AvgIpc) is 3.18. The zero-order valence-electron chi connectivity index (χ0n) is 17.1. The third-order valence-electron chi connectivity index (χ3n) is 5.01. The van der Waals surface area contributed by atoms with Gasteiger partial charge in [0.05, 0.1) is 30.6 Å². The molecule has 0 radical (unpaired) electrons. The zero-order valence-corrected chi connectivity index (χ0v) is 19.5. The fourth-order valence-corrected chi connectivity index (χ4v) is 4.61. The number of thiazole rings is 1. The average molecular weight is 504 g/mol. The van der Waals surface area contributed by atoms with Gasteiger partial charge in [0.2, 0.25) is 0 Å². The lowest BCUT2D eigenvalue weighted by Crippen LogP contribution is -2.43. The quantitative estimate of drug-likeness (QED) is 0.490. The van der Waals surface area contributed by atoms with E-state index in [9.17, 15) is 13.6 Å². The molecule has 1 aromatic heterocycles. The molecule has 2 aromatic carbocycles. The predicted octanol–water partition coefficient (Wildman–Crippen LogP) is 4.64. The number of ether oxygens (including phenoxy) is 2. The Labute approximate surface area is 199 Å². The summed E-state index contributed by atoms with van der Waals surface area (Å²) in [5, 5.41) is 0.662. The minimum Gasteiger partial charge on any atom is -0.496 e. The summed E-state index contributed by atoms with van der Waals surface area (Å²) in [7, 11) is 1.47. The third kappa shape index (κ3) is 5.29. The number of carbonyl (C=O) groups is 1. The first-order chi connectivity index (χ1) is 15.0. The van der Waals surface area contributed by atoms with Crippen LogP contribution < -0.4 is 9.64 Å². The molecule has 6 nitrogen and oxygen atoms in total. The molecule has 1 saturated heterocycles. The summed E-state index contributed by atoms with van der Waals surface area (Å²) in [6, 6.07) is 6.77. The molecule has 0 saturated carbocycles. The number of rotatable bonds is 6. The highest BCUT2D eigenvalue weighted by molar-refractivity contribution is 7.22. The Bertz CT molecular complexity index is 1110. The second-order valence-corrected chi connectivity index (χ2v) is 8.43. The molecule has 3 aromatic rings. The Morgan fingerprint density at radius 2 is 2.03 bits per heavy atom. The smallest absolute Gasteiger partial charge is 0.263 e. The van der Waals surface area contributed by atoms with E-state index in [0.29, 0.717) is 41.8 Å². The van der Waals surface area contributed by atoms with Gasteiger partial charge in [-0.05, 0) is 24.3 Å². The first kappa shape index (κ1) is 24.6. The van der Waals surface area contributed by atoms with E-state index in [4.69, 9.17) is 21.1 Å². The van der Waals surface area contributed by atoms with Gasteiger partial charge in [0, 0.05) is 37.3 Å². The van der Waals surface area contributed by atoms with Gasteiger partial charge in [-0.15, -0.1) is 12.4 Å². The highest BCUT2D eigenvalue weighted by Crippen LogP contribution is 2.33. The maximum atomic E-state index is 14.2. The van der Waals surface area contributed by atoms with Gasteiger partial charge < -0.3 is 9.47 Å². The summed E-state index contributed by atoms with van der Waals surface area (Å²) in [5.74, 6) is -1.47. The number of benzene rings is 2. The Morgan fingerprint density at radius 3 is 2.75 bits per heavy atom. The monoisotopic (exact) mass is 503 g/mol. The normalized spacial score (nSPS) is 14.2. The van der Waals surface area contributed by atoms with Crippen molar-refractivity contribution in [3.63, 3.8) is 0 Å². The van der Waals surface area contributed by atoms with Crippen molar-refractivity contribution in [3.8, 4) is 5.75 Å². The molecule has 32 heavy (non-hydrogen) atoms. The Hall–Kier alpha value is -2.04. The summed E-state index contributed by atoms with van der Waals surface area (Å²) in [5.41, 5.74) is 0.298. The fraction of sp³-hybridized carbons (Fsp3) is 0.333. The minimum atomic E-state index is -0.765. The van der Waals surface area contributed by atoms with Gasteiger partial charge in [-0.1, -0.05) is 22.9 Å². The van der Waals surface area contributed by atoms with Gasteiger partial charge in [-0.2, -0.15) is 0 Å². The Morgan fingerprint density at radius 1 is 1.28 bits per heavy atom. The van der Waals surface area contributed by atoms with Crippen molar-refractivity contribution in [2.24, 2.45) is 0 Å². The molecule has 4 rings (SSSR count). The molecule has 0 N–H and O–H groups in total. The van der Waals surface area contributed by atoms with E-state index in [-0.39, 0.29) is 34.5 Å². The van der Waals surface area contributed by atoms with Crippen LogP contribution in [-0.4, -0.2) is 62.3 Å². The van der Waals surface area contributed by atoms with Crippen LogP contribution in [0, 0.1) is 11.6 Å². The lowest BCUT2D eigenvalue weighted by atomic mass is 10.1. The van der Waals surface area contributed by atoms with Crippen LogP contribution in [-0.2, 0) is 4.74 Å². The predicted molar refractivity (Wildman–Crippen MR) is 124 cm³/mol. The summed E-state index contributed by atoms with van der Waals surface area (Å²) >= 11 is 7.18. The van der Waals surface area contributed by atoms with Gasteiger partial charge in [0.25, 0.3) is 5.91 Å². The molecule has 2 heterocycles. The number of morpholine rings is 1. The highest BCUT2D eigenvalue weighted by Gasteiger charge is 2.26. The summed E-state index contributed by atoms with van der Waals surface area (Å²) in [6.07, 6.45) is 0. The number of fused-ring (bicyclic) bond motifs is 1. The van der Waals surface area contributed by atoms with E-state index in [1.54, 1.807) is 12.1 Å². The molecule has 172 valence electrons. The van der Waals surface area contributed by atoms with E-state index in [2.05, 4.69) is 9.88 Å². The van der Waals surface area contributed by atoms with Crippen LogP contribution in [0.1, 0.15) is 10.4 Å². The zero-order chi connectivity index (χ0) is 22.0. The molecule has 0 aliphatic carbocycles. The molecule has 1 aliphatic heterocycles. The molecule has 1 fully saturated rings. The van der Waals surface area contributed by atoms with Crippen molar-refractivity contribution in [3.05, 3.63) is 52.6 Å². The van der Waals surface area contributed by atoms with Crippen LogP contribution in [0.5, 0.6) is 5.75 Å². The van der Waals surface area contributed by atoms with E-state index >= 15 is 0 Å². The maximum Gasteiger partial charge on any atom is 0.263 e. The first-order valence-electron chi connectivity index (χ1n) is 9.67. The van der Waals surface area contributed by atoms with Crippen LogP contribution in [0.4, 0.5) is 13.9 Å². The summed E-state index contributed by atoms with van der Waals surface area (Å²) in [6.45, 7) is 3.64. The SMILES string of the molecule is COc1ccc(Cl)cc1C(=O)N(CCN1CCOCC1)c1nc2c(F)cc(F)cc2s1.Cl. The Balaban J connectivity index is 0.00000289. The number of aromatic nitrogens is 1. The topological polar surface area (TPSA) is 54.9 Å². The number of carbonyl (C=O) groups excluding carboxylic acids is 1. The Kier molecular flexibility index (Phi) is 8.24. The fourth-order valence-electron chi connectivity index (χ4n) is 3.40. The van der Waals surface area contributed by atoms with Crippen molar-refractivity contribution in [1.29, 1.82) is 0 Å². The molecule has 0 atom stereocenters. The standard InChI is InChI=1S/C21H20ClF2N3O3S.ClH/c1-29-17-3-2-13(22)10-15(17)20(28)27(5-4-26-6-8-30-9-7-26)21-25-19-16(24)11-14(23)12-18(19)31-21;/h2-3,10-12H,4-9H2,1H3;1H. The largest absolute Gasteiger partial charge is 0.496 e. The molecule has 11 heteroatoms. The van der Waals surface area contributed by atoms with Gasteiger partial charge >= 0.3 is 0 Å². The number of hydrogen-bond acceptors (Lipinski definition) is 6. The number of methoxy groups -OCH3 is 1. The van der Waals surface area contributed by atoms with E-state index in [0.717, 1.165) is 30.5 Å². The van der Waals surface area contributed by atoms with Crippen molar-refractivity contribution >= 4 is 56.6 Å². The molecule has 1 aliphatic rings. The summed E-state index contributed by atoms with van der Waals surface area (Å²) < 4.78 is 39.0. The summed E-state index contributed by atoms with van der Waals surface area (Å²) in [4.78, 5) is 21.5. The maximum absolute atomic E-state index is 14.2. The number of amides is 1. The second-order valence-electron chi connectivity index (χ2n) is 6.99. The van der Waals surface area contributed by atoms with Gasteiger partial charge in [0.15, 0.2) is 10.9 Å². The molecular formula is C21H21Cl2F2N3O3S. The number of anilines is 1. The number of nitrogens with zero attached hydrogens (tertiary/aromatic N) is 3. The van der Waals surface area contributed by atoms with E-state index in [1.807, 2.05) is 0 Å². The van der Waals surface area contributed by atoms with Crippen LogP contribution >= 0.6 is 35.3 Å². The third-order valence-corrected chi connectivity index (χ3v) is 6.27. The number of hydrogen-bond donors (Lipinski definition) is 0. The number of halogens is 4. The van der Waals surface area contributed by atoms with E-state index < -0.39 is 11.6 Å². The highest BCUT2D eigenvalue weighted by atomic mass is 35.5. The lowest BCUT2D eigenvalue weighted by Gasteiger charge is -2.29. The van der Waals surface area contributed by atoms with Crippen LogP contribution in [0.25, 0.3) is 10.2 Å². The van der Waals surface area contributed by atoms with Crippen molar-refractivity contribution in [2.75, 3.05) is 51.4 Å². The molecule has 0 unspecified atom stereocenters. The molecular weight excluding hydrogens is 483 g/mol. The first-order valence-corrected chi connectivity index (χ1v) is 10.9. The minimum absolute atomic E-state index is 0. The van der Waals surface area contributed by atoms with Crippen LogP contribution in [0.3, 0.4) is 0 Å². The second kappa shape index (κ2) is 10.7. The van der Waals surface area contributed by atoms with Crippen molar-refractivity contribution in [2.45, 2.75) is 0 Å². The molecule has 0 bridgehead atoms. The molecule has 0 spiro atoms. The van der Waals surface area contributed by atoms with Crippen LogP contribution in [0.15, 0.2) is 30.3 Å². The molecule has 1 amide bonds. The van der Waals surface area contributed by atoms with Crippen LogP contribution in [0.2, 0.25) is 5.02 Å². The van der Waals surface area contributed by atoms with Gasteiger partial charge in [-0.3, -0.25) is 14.6 Å².